The number of aryl methyl sites for hydroxylation is 2. The molecule has 1 aromatic carbocycles. The van der Waals surface area contributed by atoms with Crippen LogP contribution in [0.25, 0.3) is 22.6 Å². The Hall–Kier alpha value is -3.07. The number of rotatable bonds is 4. The van der Waals surface area contributed by atoms with E-state index >= 15 is 0 Å². The van der Waals surface area contributed by atoms with Gasteiger partial charge in [0.15, 0.2) is 11.5 Å². The lowest BCUT2D eigenvalue weighted by atomic mass is 10.1. The molecule has 0 amide bonds. The van der Waals surface area contributed by atoms with Crippen molar-refractivity contribution in [2.45, 2.75) is 39.3 Å². The van der Waals surface area contributed by atoms with Crippen LogP contribution in [0.3, 0.4) is 0 Å². The molecule has 0 aliphatic carbocycles. The third-order valence-electron chi connectivity index (χ3n) is 5.48. The van der Waals surface area contributed by atoms with Gasteiger partial charge >= 0.3 is 11.7 Å². The first-order valence-corrected chi connectivity index (χ1v) is 9.24. The van der Waals surface area contributed by atoms with Gasteiger partial charge in [0.05, 0.1) is 11.0 Å². The van der Waals surface area contributed by atoms with Crippen LogP contribution in [-0.2, 0) is 11.3 Å². The number of H-pyrrole nitrogens is 1. The normalized spacial score (nSPS) is 17.6. The van der Waals surface area contributed by atoms with Gasteiger partial charge in [-0.1, -0.05) is 0 Å². The van der Waals surface area contributed by atoms with E-state index in [2.05, 4.69) is 15.0 Å². The molecule has 0 radical (unpaired) electrons. The summed E-state index contributed by atoms with van der Waals surface area (Å²) in [4.78, 5) is 48.1. The number of likely N-dealkylation sites (tertiary alicyclic amines) is 1. The van der Waals surface area contributed by atoms with Gasteiger partial charge < -0.3 is 9.67 Å². The maximum absolute atomic E-state index is 12.3. The number of hydrogen-bond donors (Lipinski definition) is 2. The van der Waals surface area contributed by atoms with Crippen LogP contribution in [0.4, 0.5) is 0 Å². The first kappa shape index (κ1) is 18.3. The quantitative estimate of drug-likeness (QED) is 0.638. The average molecular weight is 383 g/mol. The van der Waals surface area contributed by atoms with Crippen LogP contribution in [0.15, 0.2) is 21.7 Å². The summed E-state index contributed by atoms with van der Waals surface area (Å²) in [5, 5.41) is 9.41. The van der Waals surface area contributed by atoms with Crippen LogP contribution in [0.1, 0.15) is 24.0 Å². The minimum Gasteiger partial charge on any atom is -0.480 e. The van der Waals surface area contributed by atoms with E-state index in [0.717, 1.165) is 23.1 Å². The lowest BCUT2D eigenvalue weighted by Gasteiger charge is -2.24. The van der Waals surface area contributed by atoms with Gasteiger partial charge in [-0.3, -0.25) is 19.5 Å². The summed E-state index contributed by atoms with van der Waals surface area (Å²) in [6, 6.07) is 3.36. The summed E-state index contributed by atoms with van der Waals surface area (Å²) >= 11 is 0. The average Bonchev–Trinajstić information content (AvgIpc) is 3.10. The van der Waals surface area contributed by atoms with E-state index in [0.29, 0.717) is 31.6 Å². The predicted octanol–water partition coefficient (Wildman–Crippen LogP) is 0.750. The van der Waals surface area contributed by atoms with Crippen molar-refractivity contribution < 1.29 is 9.90 Å². The maximum Gasteiger partial charge on any atom is 0.349 e. The molecule has 1 saturated heterocycles. The first-order valence-electron chi connectivity index (χ1n) is 9.24. The summed E-state index contributed by atoms with van der Waals surface area (Å²) in [6.45, 7) is 5.53. The first-order chi connectivity index (χ1) is 13.3. The van der Waals surface area contributed by atoms with Gasteiger partial charge in [0.1, 0.15) is 6.04 Å². The standard InChI is InChI=1S/C19H21N5O4/c1-10-8-12-14(9-11(10)2)24(7-6-23-5-3-4-13(23)18(26)27)16-15(20-12)17(25)22-19(28)21-16/h8-9,13H,3-7H2,1-2H3,(H,26,27)(H,22,25,28). The van der Waals surface area contributed by atoms with E-state index in [1.165, 1.54) is 0 Å². The summed E-state index contributed by atoms with van der Waals surface area (Å²) in [5.74, 6) is -0.606. The predicted molar refractivity (Wildman–Crippen MR) is 103 cm³/mol. The van der Waals surface area contributed by atoms with Crippen molar-refractivity contribution in [2.75, 3.05) is 13.1 Å². The Bertz CT molecular complexity index is 1170. The second kappa shape index (κ2) is 6.83. The van der Waals surface area contributed by atoms with Crippen LogP contribution in [0.5, 0.6) is 0 Å². The van der Waals surface area contributed by atoms with Gasteiger partial charge in [-0.05, 0) is 56.5 Å². The Morgan fingerprint density at radius 1 is 1.21 bits per heavy atom. The maximum atomic E-state index is 12.3. The molecule has 28 heavy (non-hydrogen) atoms. The molecule has 1 fully saturated rings. The van der Waals surface area contributed by atoms with Crippen molar-refractivity contribution >= 4 is 17.0 Å². The number of nitrogens with zero attached hydrogens (tertiary/aromatic N) is 4. The molecular weight excluding hydrogens is 362 g/mol. The van der Waals surface area contributed by atoms with Gasteiger partial charge in [0, 0.05) is 13.1 Å². The van der Waals surface area contributed by atoms with E-state index < -0.39 is 23.3 Å². The van der Waals surface area contributed by atoms with Crippen LogP contribution in [0, 0.1) is 13.8 Å². The number of hydrogen-bond acceptors (Lipinski definition) is 6. The Morgan fingerprint density at radius 3 is 2.71 bits per heavy atom. The molecule has 0 bridgehead atoms. The number of nitrogens with one attached hydrogen (secondary N) is 1. The largest absolute Gasteiger partial charge is 0.480 e. The number of carboxylic acids is 1. The zero-order chi connectivity index (χ0) is 20.0. The molecule has 2 N–H and O–H groups in total. The minimum absolute atomic E-state index is 0.103. The Balaban J connectivity index is 1.86. The smallest absolute Gasteiger partial charge is 0.349 e. The molecule has 0 spiro atoms. The van der Waals surface area contributed by atoms with Gasteiger partial charge in [0.25, 0.3) is 5.56 Å². The highest BCUT2D eigenvalue weighted by Gasteiger charge is 2.30. The highest BCUT2D eigenvalue weighted by Crippen LogP contribution is 2.24. The van der Waals surface area contributed by atoms with Gasteiger partial charge in [-0.2, -0.15) is 4.98 Å². The van der Waals surface area contributed by atoms with Crippen molar-refractivity contribution in [2.24, 2.45) is 0 Å². The Labute approximate surface area is 160 Å². The number of fused-ring (bicyclic) bond motifs is 2. The number of aliphatic carboxylic acids is 1. The topological polar surface area (TPSA) is 121 Å². The Morgan fingerprint density at radius 2 is 1.96 bits per heavy atom. The number of aromatic nitrogens is 4. The zero-order valence-electron chi connectivity index (χ0n) is 15.7. The van der Waals surface area contributed by atoms with Gasteiger partial charge in [-0.25, -0.2) is 9.78 Å². The second-order valence-electron chi connectivity index (χ2n) is 7.26. The molecular formula is C19H21N5O4. The second-order valence-corrected chi connectivity index (χ2v) is 7.26. The monoisotopic (exact) mass is 383 g/mol. The van der Waals surface area contributed by atoms with Crippen molar-refractivity contribution in [3.63, 3.8) is 0 Å². The fourth-order valence-electron chi connectivity index (χ4n) is 3.88. The zero-order valence-corrected chi connectivity index (χ0v) is 15.7. The summed E-state index contributed by atoms with van der Waals surface area (Å²) in [6.07, 6.45) is 1.46. The molecule has 4 rings (SSSR count). The molecule has 1 atom stereocenters. The third kappa shape index (κ3) is 3.07. The molecule has 3 aliphatic heterocycles. The third-order valence-corrected chi connectivity index (χ3v) is 5.48. The SMILES string of the molecule is Cc1cc2nc3c(=O)[nH]c(=O)nc-3n(CCN3CCCC3C(=O)O)c2cc1C. The van der Waals surface area contributed by atoms with E-state index in [1.54, 1.807) is 4.57 Å². The number of carbonyl (C=O) groups is 1. The summed E-state index contributed by atoms with van der Waals surface area (Å²) in [5.41, 5.74) is 2.30. The molecule has 1 unspecified atom stereocenters. The minimum atomic E-state index is -0.824. The molecule has 1 aromatic rings. The van der Waals surface area contributed by atoms with E-state index in [4.69, 9.17) is 0 Å². The number of benzene rings is 1. The van der Waals surface area contributed by atoms with E-state index in [9.17, 15) is 19.5 Å². The molecule has 3 aliphatic rings. The molecule has 0 saturated carbocycles. The van der Waals surface area contributed by atoms with Gasteiger partial charge in [0.2, 0.25) is 0 Å². The van der Waals surface area contributed by atoms with Crippen LogP contribution in [0.2, 0.25) is 0 Å². The van der Waals surface area contributed by atoms with Crippen molar-refractivity contribution in [1.29, 1.82) is 0 Å². The van der Waals surface area contributed by atoms with E-state index in [-0.39, 0.29) is 11.5 Å². The van der Waals surface area contributed by atoms with Crippen LogP contribution in [-0.4, -0.2) is 54.6 Å². The molecule has 146 valence electrons. The number of carboxylic acid groups (broad SMARTS) is 1. The van der Waals surface area contributed by atoms with Crippen LogP contribution < -0.4 is 11.2 Å². The highest BCUT2D eigenvalue weighted by atomic mass is 16.4. The lowest BCUT2D eigenvalue weighted by molar-refractivity contribution is -0.142. The molecule has 9 heteroatoms. The van der Waals surface area contributed by atoms with Gasteiger partial charge in [-0.15, -0.1) is 0 Å². The van der Waals surface area contributed by atoms with Crippen molar-refractivity contribution in [1.82, 2.24) is 24.4 Å². The fourth-order valence-corrected chi connectivity index (χ4v) is 3.88. The highest BCUT2D eigenvalue weighted by molar-refractivity contribution is 5.81. The van der Waals surface area contributed by atoms with E-state index in [1.807, 2.05) is 30.9 Å². The molecule has 3 heterocycles. The Kier molecular flexibility index (Phi) is 4.46. The van der Waals surface area contributed by atoms with Crippen molar-refractivity contribution in [3.8, 4) is 11.5 Å². The summed E-state index contributed by atoms with van der Waals surface area (Å²) in [7, 11) is 0. The van der Waals surface area contributed by atoms with Crippen molar-refractivity contribution in [3.05, 3.63) is 44.1 Å². The number of aromatic amines is 1. The molecule has 9 nitrogen and oxygen atoms in total. The fraction of sp³-hybridized carbons (Fsp3) is 0.421. The van der Waals surface area contributed by atoms with Crippen LogP contribution >= 0.6 is 0 Å². The summed E-state index contributed by atoms with van der Waals surface area (Å²) < 4.78 is 1.80. The lowest BCUT2D eigenvalue weighted by Crippen LogP contribution is -2.38. The molecule has 0 aromatic heterocycles.